The fourth-order valence-electron chi connectivity index (χ4n) is 2.80. The molecule has 2 aliphatic heterocycles. The largest absolute Gasteiger partial charge is 0.296 e. The van der Waals surface area contributed by atoms with Crippen LogP contribution < -0.4 is 4.72 Å². The Morgan fingerprint density at radius 1 is 1.62 bits per heavy atom. The Kier molecular flexibility index (Phi) is 2.47. The topological polar surface area (TPSA) is 32.3 Å². The Morgan fingerprint density at radius 3 is 3.00 bits per heavy atom. The van der Waals surface area contributed by atoms with E-state index in [1.54, 1.807) is 6.26 Å². The molecule has 2 saturated heterocycles. The molecule has 0 bridgehead atoms. The van der Waals surface area contributed by atoms with E-state index in [1.807, 2.05) is 0 Å². The minimum absolute atomic E-state index is 0.400. The molecule has 0 aliphatic carbocycles. The van der Waals surface area contributed by atoms with Gasteiger partial charge in [-0.1, -0.05) is 0 Å². The highest BCUT2D eigenvalue weighted by atomic mass is 32.2. The summed E-state index contributed by atoms with van der Waals surface area (Å²) in [7, 11) is -0.858. The number of nitrogens with one attached hydrogen (secondary N) is 1. The zero-order valence-electron chi connectivity index (χ0n) is 8.38. The number of rotatable bonds is 2. The molecule has 3 atom stereocenters. The second kappa shape index (κ2) is 3.33. The van der Waals surface area contributed by atoms with Gasteiger partial charge in [-0.15, -0.1) is 0 Å². The number of hydrogen-bond donors (Lipinski definition) is 1. The quantitative estimate of drug-likeness (QED) is 0.707. The van der Waals surface area contributed by atoms with Crippen LogP contribution >= 0.6 is 0 Å². The van der Waals surface area contributed by atoms with E-state index in [4.69, 9.17) is 0 Å². The summed E-state index contributed by atoms with van der Waals surface area (Å²) in [5.41, 5.74) is 0.400. The van der Waals surface area contributed by atoms with E-state index in [2.05, 4.69) is 16.5 Å². The summed E-state index contributed by atoms with van der Waals surface area (Å²) in [6.45, 7) is 4.64. The Morgan fingerprint density at radius 2 is 2.38 bits per heavy atom. The van der Waals surface area contributed by atoms with Crippen LogP contribution in [-0.2, 0) is 11.0 Å². The fourth-order valence-corrected chi connectivity index (χ4v) is 3.42. The molecule has 3 unspecified atom stereocenters. The lowest BCUT2D eigenvalue weighted by Crippen LogP contribution is -2.34. The van der Waals surface area contributed by atoms with Gasteiger partial charge in [-0.25, -0.2) is 8.93 Å². The van der Waals surface area contributed by atoms with Crippen LogP contribution in [0.5, 0.6) is 0 Å². The van der Waals surface area contributed by atoms with Gasteiger partial charge in [0, 0.05) is 24.4 Å². The van der Waals surface area contributed by atoms with Crippen LogP contribution in [0, 0.1) is 0 Å². The summed E-state index contributed by atoms with van der Waals surface area (Å²) in [4.78, 5) is 2.54. The van der Waals surface area contributed by atoms with Crippen LogP contribution in [0.4, 0.5) is 0 Å². The van der Waals surface area contributed by atoms with Crippen molar-refractivity contribution in [3.63, 3.8) is 0 Å². The van der Waals surface area contributed by atoms with Crippen molar-refractivity contribution in [3.8, 4) is 0 Å². The average molecular weight is 202 g/mol. The first-order valence-electron chi connectivity index (χ1n) is 4.95. The van der Waals surface area contributed by atoms with Gasteiger partial charge in [-0.3, -0.25) is 4.90 Å². The normalized spacial score (nSPS) is 42.2. The molecule has 0 aromatic carbocycles. The van der Waals surface area contributed by atoms with E-state index in [-0.39, 0.29) is 0 Å². The highest BCUT2D eigenvalue weighted by molar-refractivity contribution is 7.82. The molecule has 13 heavy (non-hydrogen) atoms. The molecule has 0 spiro atoms. The molecule has 3 nitrogen and oxygen atoms in total. The maximum atomic E-state index is 11.0. The van der Waals surface area contributed by atoms with Crippen molar-refractivity contribution in [2.75, 3.05) is 19.3 Å². The molecular formula is C9H18N2OS. The van der Waals surface area contributed by atoms with Gasteiger partial charge >= 0.3 is 0 Å². The van der Waals surface area contributed by atoms with E-state index in [9.17, 15) is 4.21 Å². The predicted octanol–water partition coefficient (Wildman–Crippen LogP) is 0.496. The molecule has 4 heteroatoms. The second-order valence-corrected chi connectivity index (χ2v) is 5.66. The summed E-state index contributed by atoms with van der Waals surface area (Å²) >= 11 is 0. The van der Waals surface area contributed by atoms with Gasteiger partial charge in [-0.05, 0) is 32.7 Å². The Labute approximate surface area is 82.5 Å². The van der Waals surface area contributed by atoms with Crippen molar-refractivity contribution < 1.29 is 4.21 Å². The van der Waals surface area contributed by atoms with Gasteiger partial charge in [0.1, 0.15) is 0 Å². The van der Waals surface area contributed by atoms with Crippen molar-refractivity contribution in [3.05, 3.63) is 0 Å². The van der Waals surface area contributed by atoms with Gasteiger partial charge in [-0.2, -0.15) is 0 Å². The van der Waals surface area contributed by atoms with Gasteiger partial charge < -0.3 is 0 Å². The summed E-state index contributed by atoms with van der Waals surface area (Å²) in [5.74, 6) is 0. The lowest BCUT2D eigenvalue weighted by atomic mass is 9.96. The van der Waals surface area contributed by atoms with Crippen LogP contribution in [-0.4, -0.2) is 40.0 Å². The first kappa shape index (κ1) is 9.62. The van der Waals surface area contributed by atoms with Gasteiger partial charge in [0.25, 0.3) is 0 Å². The lowest BCUT2D eigenvalue weighted by Gasteiger charge is -2.26. The molecular weight excluding hydrogens is 184 g/mol. The second-order valence-electron chi connectivity index (χ2n) is 4.52. The van der Waals surface area contributed by atoms with Crippen LogP contribution in [0.3, 0.4) is 0 Å². The Bertz CT molecular complexity index is 234. The van der Waals surface area contributed by atoms with Gasteiger partial charge in [0.2, 0.25) is 0 Å². The van der Waals surface area contributed by atoms with Gasteiger partial charge in [0.05, 0.1) is 11.0 Å². The van der Waals surface area contributed by atoms with Crippen LogP contribution in [0.25, 0.3) is 0 Å². The van der Waals surface area contributed by atoms with Crippen molar-refractivity contribution in [1.29, 1.82) is 0 Å². The smallest absolute Gasteiger partial charge is 0.0886 e. The first-order chi connectivity index (χ1) is 6.10. The van der Waals surface area contributed by atoms with E-state index in [0.717, 1.165) is 13.0 Å². The van der Waals surface area contributed by atoms with Crippen molar-refractivity contribution >= 4 is 11.0 Å². The molecule has 0 saturated carbocycles. The zero-order valence-corrected chi connectivity index (χ0v) is 9.19. The monoisotopic (exact) mass is 202 g/mol. The lowest BCUT2D eigenvalue weighted by molar-refractivity contribution is 0.218. The number of nitrogens with zero attached hydrogens (tertiary/aromatic N) is 1. The highest BCUT2D eigenvalue weighted by Gasteiger charge is 2.44. The van der Waals surface area contributed by atoms with Crippen LogP contribution in [0.15, 0.2) is 0 Å². The summed E-state index contributed by atoms with van der Waals surface area (Å²) in [5, 5.41) is 0. The molecule has 76 valence electrons. The molecule has 2 fully saturated rings. The summed E-state index contributed by atoms with van der Waals surface area (Å²) in [6, 6.07) is 0.441. The van der Waals surface area contributed by atoms with Crippen molar-refractivity contribution in [2.45, 2.75) is 37.8 Å². The molecule has 0 amide bonds. The maximum Gasteiger partial charge on any atom is 0.0886 e. The molecule has 2 heterocycles. The van der Waals surface area contributed by atoms with E-state index >= 15 is 0 Å². The SMILES string of the molecule is CS(=O)NC1CN2CCCC2(C)C1. The number of hydrogen-bond acceptors (Lipinski definition) is 2. The Balaban J connectivity index is 1.97. The maximum absolute atomic E-state index is 11.0. The number of fused-ring (bicyclic) bond motifs is 1. The third-order valence-electron chi connectivity index (χ3n) is 3.37. The third kappa shape index (κ3) is 1.80. The molecule has 2 rings (SSSR count). The van der Waals surface area contributed by atoms with Crippen molar-refractivity contribution in [2.24, 2.45) is 0 Å². The first-order valence-corrected chi connectivity index (χ1v) is 6.51. The van der Waals surface area contributed by atoms with Gasteiger partial charge in [0.15, 0.2) is 0 Å². The summed E-state index contributed by atoms with van der Waals surface area (Å²) in [6.07, 6.45) is 5.51. The zero-order chi connectivity index (χ0) is 9.47. The fraction of sp³-hybridized carbons (Fsp3) is 1.00. The highest BCUT2D eigenvalue weighted by Crippen LogP contribution is 2.38. The van der Waals surface area contributed by atoms with E-state index < -0.39 is 11.0 Å². The molecule has 2 aliphatic rings. The molecule has 0 radical (unpaired) electrons. The Hall–Kier alpha value is 0.0700. The van der Waals surface area contributed by atoms with Crippen molar-refractivity contribution in [1.82, 2.24) is 9.62 Å². The van der Waals surface area contributed by atoms with E-state index in [1.165, 1.54) is 19.4 Å². The average Bonchev–Trinajstić information content (AvgIpc) is 2.40. The minimum Gasteiger partial charge on any atom is -0.296 e. The predicted molar refractivity (Wildman–Crippen MR) is 54.8 cm³/mol. The van der Waals surface area contributed by atoms with Crippen LogP contribution in [0.1, 0.15) is 26.2 Å². The minimum atomic E-state index is -0.858. The van der Waals surface area contributed by atoms with E-state index in [0.29, 0.717) is 11.6 Å². The summed E-state index contributed by atoms with van der Waals surface area (Å²) < 4.78 is 14.1. The standard InChI is InChI=1S/C9H18N2OS/c1-9-4-3-5-11(9)7-8(6-9)10-13(2)12/h8,10H,3-7H2,1-2H3. The molecule has 0 aromatic heterocycles. The molecule has 1 N–H and O–H groups in total. The van der Waals surface area contributed by atoms with Crippen LogP contribution in [0.2, 0.25) is 0 Å². The molecule has 0 aromatic rings. The third-order valence-corrected chi connectivity index (χ3v) is 4.03.